The van der Waals surface area contributed by atoms with Crippen LogP contribution in [0.15, 0.2) is 28.8 Å². The van der Waals surface area contributed by atoms with Crippen molar-refractivity contribution in [2.24, 2.45) is 5.92 Å². The number of rotatable bonds is 5. The molecular formula is C17H21N3O4. The highest BCUT2D eigenvalue weighted by Gasteiger charge is 2.29. The van der Waals surface area contributed by atoms with E-state index in [4.69, 9.17) is 14.0 Å². The third kappa shape index (κ3) is 3.50. The van der Waals surface area contributed by atoms with Crippen molar-refractivity contribution in [3.63, 3.8) is 0 Å². The van der Waals surface area contributed by atoms with Crippen LogP contribution in [0.1, 0.15) is 19.8 Å². The number of carbonyl (C=O) groups is 1. The molecule has 1 aromatic heterocycles. The van der Waals surface area contributed by atoms with Crippen LogP contribution in [0.4, 0.5) is 6.01 Å². The quantitative estimate of drug-likeness (QED) is 0.779. The maximum absolute atomic E-state index is 11.9. The van der Waals surface area contributed by atoms with E-state index in [9.17, 15) is 4.79 Å². The summed E-state index contributed by atoms with van der Waals surface area (Å²) in [5.74, 6) is 0.994. The highest BCUT2D eigenvalue weighted by Crippen LogP contribution is 2.26. The normalized spacial score (nSPS) is 17.6. The molecule has 1 fully saturated rings. The van der Waals surface area contributed by atoms with Gasteiger partial charge in [0.1, 0.15) is 5.75 Å². The standard InChI is InChI=1S/C17H21N3O4/c1-3-23-16(21)13-5-4-10-20(11-13)17-18-15(19-24-17)12-6-8-14(22-2)9-7-12/h6-9,13H,3-5,10-11H2,1-2H3. The summed E-state index contributed by atoms with van der Waals surface area (Å²) in [4.78, 5) is 18.3. The van der Waals surface area contributed by atoms with Crippen LogP contribution >= 0.6 is 0 Å². The number of methoxy groups -OCH3 is 1. The van der Waals surface area contributed by atoms with Gasteiger partial charge in [-0.05, 0) is 44.0 Å². The second-order valence-electron chi connectivity index (χ2n) is 5.67. The van der Waals surface area contributed by atoms with E-state index in [1.807, 2.05) is 36.1 Å². The minimum absolute atomic E-state index is 0.143. The molecule has 1 aromatic carbocycles. The molecule has 3 rings (SSSR count). The van der Waals surface area contributed by atoms with E-state index in [1.54, 1.807) is 7.11 Å². The molecule has 7 heteroatoms. The molecule has 1 aliphatic heterocycles. The van der Waals surface area contributed by atoms with E-state index < -0.39 is 0 Å². The molecule has 0 N–H and O–H groups in total. The second kappa shape index (κ2) is 7.33. The fraction of sp³-hybridized carbons (Fsp3) is 0.471. The number of esters is 1. The first-order chi connectivity index (χ1) is 11.7. The molecule has 1 atom stereocenters. The van der Waals surface area contributed by atoms with Crippen molar-refractivity contribution in [3.8, 4) is 17.1 Å². The molecule has 0 spiro atoms. The number of ether oxygens (including phenoxy) is 2. The zero-order chi connectivity index (χ0) is 16.9. The van der Waals surface area contributed by atoms with Crippen molar-refractivity contribution >= 4 is 12.0 Å². The lowest BCUT2D eigenvalue weighted by Crippen LogP contribution is -2.39. The Morgan fingerprint density at radius 3 is 2.88 bits per heavy atom. The van der Waals surface area contributed by atoms with Crippen molar-refractivity contribution in [3.05, 3.63) is 24.3 Å². The molecule has 0 amide bonds. The van der Waals surface area contributed by atoms with Gasteiger partial charge in [0.05, 0.1) is 19.6 Å². The molecule has 128 valence electrons. The Labute approximate surface area is 140 Å². The summed E-state index contributed by atoms with van der Waals surface area (Å²) in [6.07, 6.45) is 1.72. The zero-order valence-corrected chi connectivity index (χ0v) is 13.9. The van der Waals surface area contributed by atoms with E-state index in [1.165, 1.54) is 0 Å². The SMILES string of the molecule is CCOC(=O)C1CCCN(c2nc(-c3ccc(OC)cc3)no2)C1. The van der Waals surface area contributed by atoms with Crippen LogP contribution in [-0.2, 0) is 9.53 Å². The zero-order valence-electron chi connectivity index (χ0n) is 13.9. The van der Waals surface area contributed by atoms with Crippen LogP contribution in [-0.4, -0.2) is 42.9 Å². The van der Waals surface area contributed by atoms with Gasteiger partial charge in [-0.3, -0.25) is 4.79 Å². The van der Waals surface area contributed by atoms with Crippen molar-refractivity contribution in [2.45, 2.75) is 19.8 Å². The summed E-state index contributed by atoms with van der Waals surface area (Å²) < 4.78 is 15.6. The first kappa shape index (κ1) is 16.3. The number of hydrogen-bond acceptors (Lipinski definition) is 7. The molecule has 2 heterocycles. The van der Waals surface area contributed by atoms with Gasteiger partial charge >= 0.3 is 12.0 Å². The van der Waals surface area contributed by atoms with E-state index in [0.29, 0.717) is 25.0 Å². The van der Waals surface area contributed by atoms with Gasteiger partial charge in [0.2, 0.25) is 5.82 Å². The number of hydrogen-bond donors (Lipinski definition) is 0. The average Bonchev–Trinajstić information content (AvgIpc) is 3.12. The predicted molar refractivity (Wildman–Crippen MR) is 87.9 cm³/mol. The Morgan fingerprint density at radius 2 is 2.17 bits per heavy atom. The number of carbonyl (C=O) groups excluding carboxylic acids is 1. The smallest absolute Gasteiger partial charge is 0.324 e. The summed E-state index contributed by atoms with van der Waals surface area (Å²) in [6, 6.07) is 7.90. The topological polar surface area (TPSA) is 77.7 Å². The number of benzene rings is 1. The minimum atomic E-state index is -0.155. The maximum atomic E-state index is 11.9. The van der Waals surface area contributed by atoms with Gasteiger partial charge in [-0.2, -0.15) is 4.98 Å². The highest BCUT2D eigenvalue weighted by atomic mass is 16.5. The van der Waals surface area contributed by atoms with Crippen molar-refractivity contribution in [1.82, 2.24) is 10.1 Å². The van der Waals surface area contributed by atoms with Gasteiger partial charge in [-0.25, -0.2) is 0 Å². The minimum Gasteiger partial charge on any atom is -0.497 e. The molecule has 24 heavy (non-hydrogen) atoms. The lowest BCUT2D eigenvalue weighted by molar-refractivity contribution is -0.148. The van der Waals surface area contributed by atoms with Crippen LogP contribution in [0.25, 0.3) is 11.4 Å². The number of aromatic nitrogens is 2. The van der Waals surface area contributed by atoms with Crippen molar-refractivity contribution in [1.29, 1.82) is 0 Å². The lowest BCUT2D eigenvalue weighted by atomic mass is 9.98. The van der Waals surface area contributed by atoms with Gasteiger partial charge in [-0.15, -0.1) is 0 Å². The van der Waals surface area contributed by atoms with E-state index >= 15 is 0 Å². The third-order valence-corrected chi connectivity index (χ3v) is 4.08. The van der Waals surface area contributed by atoms with E-state index in [-0.39, 0.29) is 11.9 Å². The second-order valence-corrected chi connectivity index (χ2v) is 5.67. The van der Waals surface area contributed by atoms with Crippen molar-refractivity contribution < 1.29 is 18.8 Å². The van der Waals surface area contributed by atoms with Crippen LogP contribution in [0.5, 0.6) is 5.75 Å². The Hall–Kier alpha value is -2.57. The summed E-state index contributed by atoms with van der Waals surface area (Å²) in [7, 11) is 1.62. The molecular weight excluding hydrogens is 310 g/mol. The average molecular weight is 331 g/mol. The van der Waals surface area contributed by atoms with E-state index in [0.717, 1.165) is 30.7 Å². The Balaban J connectivity index is 1.71. The monoisotopic (exact) mass is 331 g/mol. The Bertz CT molecular complexity index is 683. The molecule has 0 aliphatic carbocycles. The summed E-state index contributed by atoms with van der Waals surface area (Å²) in [6.45, 7) is 3.55. The van der Waals surface area contributed by atoms with E-state index in [2.05, 4.69) is 10.1 Å². The van der Waals surface area contributed by atoms with Gasteiger partial charge in [0, 0.05) is 18.7 Å². The first-order valence-electron chi connectivity index (χ1n) is 8.11. The summed E-state index contributed by atoms with van der Waals surface area (Å²) in [5, 5.41) is 4.04. The highest BCUT2D eigenvalue weighted by molar-refractivity contribution is 5.73. The maximum Gasteiger partial charge on any atom is 0.324 e. The van der Waals surface area contributed by atoms with Crippen LogP contribution in [0, 0.1) is 5.92 Å². The molecule has 1 aliphatic rings. The molecule has 0 radical (unpaired) electrons. The summed E-state index contributed by atoms with van der Waals surface area (Å²) in [5.41, 5.74) is 0.852. The molecule has 0 bridgehead atoms. The van der Waals surface area contributed by atoms with Gasteiger partial charge in [0.25, 0.3) is 0 Å². The van der Waals surface area contributed by atoms with Crippen LogP contribution in [0.2, 0.25) is 0 Å². The number of nitrogens with zero attached hydrogens (tertiary/aromatic N) is 3. The lowest BCUT2D eigenvalue weighted by Gasteiger charge is -2.29. The number of piperidine rings is 1. The molecule has 0 saturated carbocycles. The number of anilines is 1. The Kier molecular flexibility index (Phi) is 4.98. The molecule has 1 unspecified atom stereocenters. The van der Waals surface area contributed by atoms with Gasteiger partial charge in [0.15, 0.2) is 0 Å². The summed E-state index contributed by atoms with van der Waals surface area (Å²) >= 11 is 0. The fourth-order valence-corrected chi connectivity index (χ4v) is 2.80. The van der Waals surface area contributed by atoms with Gasteiger partial charge < -0.3 is 18.9 Å². The predicted octanol–water partition coefficient (Wildman–Crippen LogP) is 2.52. The third-order valence-electron chi connectivity index (χ3n) is 4.08. The van der Waals surface area contributed by atoms with Gasteiger partial charge in [-0.1, -0.05) is 5.16 Å². The van der Waals surface area contributed by atoms with Crippen LogP contribution in [0.3, 0.4) is 0 Å². The van der Waals surface area contributed by atoms with Crippen LogP contribution < -0.4 is 9.64 Å². The molecule has 1 saturated heterocycles. The molecule has 7 nitrogen and oxygen atoms in total. The first-order valence-corrected chi connectivity index (χ1v) is 8.11. The molecule has 2 aromatic rings. The Morgan fingerprint density at radius 1 is 1.38 bits per heavy atom. The fourth-order valence-electron chi connectivity index (χ4n) is 2.80. The van der Waals surface area contributed by atoms with Crippen molar-refractivity contribution in [2.75, 3.05) is 31.7 Å². The largest absolute Gasteiger partial charge is 0.497 e.